The van der Waals surface area contributed by atoms with E-state index in [2.05, 4.69) is 38.2 Å². The van der Waals surface area contributed by atoms with Crippen LogP contribution in [0.4, 0.5) is 0 Å². The van der Waals surface area contributed by atoms with Crippen molar-refractivity contribution in [3.05, 3.63) is 24.3 Å². The molecule has 48 heavy (non-hydrogen) atoms. The van der Waals surface area contributed by atoms with Gasteiger partial charge in [0.05, 0.1) is 13.2 Å². The molecule has 0 amide bonds. The summed E-state index contributed by atoms with van der Waals surface area (Å²) in [5, 5.41) is 9.60. The Labute approximate surface area is 300 Å². The first-order chi connectivity index (χ1) is 23.7. The summed E-state index contributed by atoms with van der Waals surface area (Å²) in [6.07, 6.45) is 50.9. The number of hydrogen-bond acceptors (Lipinski definition) is 4. The van der Waals surface area contributed by atoms with Crippen molar-refractivity contribution in [1.82, 2.24) is 0 Å². The summed E-state index contributed by atoms with van der Waals surface area (Å²) in [5.74, 6) is -0.202. The Hall–Kier alpha value is -1.13. The van der Waals surface area contributed by atoms with Gasteiger partial charge in [0.2, 0.25) is 0 Å². The molecule has 0 bridgehead atoms. The fourth-order valence-electron chi connectivity index (χ4n) is 6.26. The minimum absolute atomic E-state index is 0.172. The monoisotopic (exact) mass is 677 g/mol. The molecule has 0 aliphatic heterocycles. The highest BCUT2D eigenvalue weighted by molar-refractivity contribution is 5.69. The van der Waals surface area contributed by atoms with Gasteiger partial charge in [0.25, 0.3) is 0 Å². The van der Waals surface area contributed by atoms with E-state index in [1.165, 1.54) is 186 Å². The predicted octanol–water partition coefficient (Wildman–Crippen LogP) is 13.9. The molecular formula is C44H84O4. The van der Waals surface area contributed by atoms with E-state index in [-0.39, 0.29) is 12.6 Å². The summed E-state index contributed by atoms with van der Waals surface area (Å²) < 4.78 is 11.2. The maximum absolute atomic E-state index is 12.2. The van der Waals surface area contributed by atoms with Crippen LogP contribution in [0.5, 0.6) is 0 Å². The Kier molecular flexibility index (Phi) is 41.0. The summed E-state index contributed by atoms with van der Waals surface area (Å²) >= 11 is 0. The van der Waals surface area contributed by atoms with Gasteiger partial charge in [-0.1, -0.05) is 179 Å². The third kappa shape index (κ3) is 39.3. The predicted molar refractivity (Wildman–Crippen MR) is 210 cm³/mol. The minimum Gasteiger partial charge on any atom is -0.457 e. The molecule has 284 valence electrons. The van der Waals surface area contributed by atoms with Gasteiger partial charge < -0.3 is 14.6 Å². The molecule has 0 aromatic rings. The Morgan fingerprint density at radius 2 is 0.812 bits per heavy atom. The molecule has 0 radical (unpaired) electrons. The van der Waals surface area contributed by atoms with E-state index in [9.17, 15) is 9.90 Å². The smallest absolute Gasteiger partial charge is 0.306 e. The SMILES string of the molecule is CCCCCCCC/C=C\CCCCCCCCCCCC(=O)OC(CO)COCCCCCCCC/C=C\CCCCCCCCC. The van der Waals surface area contributed by atoms with Crippen molar-refractivity contribution in [2.24, 2.45) is 0 Å². The summed E-state index contributed by atoms with van der Waals surface area (Å²) in [6, 6.07) is 0. The third-order valence-corrected chi connectivity index (χ3v) is 9.50. The number of hydrogen-bond donors (Lipinski definition) is 1. The number of ether oxygens (including phenoxy) is 2. The van der Waals surface area contributed by atoms with Crippen LogP contribution in [-0.2, 0) is 14.3 Å². The number of carbonyl (C=O) groups is 1. The number of carbonyl (C=O) groups excluding carboxylic acids is 1. The van der Waals surface area contributed by atoms with Crippen molar-refractivity contribution in [2.75, 3.05) is 19.8 Å². The van der Waals surface area contributed by atoms with Crippen LogP contribution in [0.15, 0.2) is 24.3 Å². The van der Waals surface area contributed by atoms with Crippen molar-refractivity contribution in [2.45, 2.75) is 232 Å². The lowest BCUT2D eigenvalue weighted by atomic mass is 10.1. The first-order valence-corrected chi connectivity index (χ1v) is 21.4. The average Bonchev–Trinajstić information content (AvgIpc) is 3.09. The summed E-state index contributed by atoms with van der Waals surface area (Å²) in [6.45, 7) is 5.35. The summed E-state index contributed by atoms with van der Waals surface area (Å²) in [7, 11) is 0. The zero-order chi connectivity index (χ0) is 34.9. The number of unbranched alkanes of at least 4 members (excludes halogenated alkanes) is 28. The number of aliphatic hydroxyl groups is 1. The van der Waals surface area contributed by atoms with Gasteiger partial charge in [0.1, 0.15) is 6.10 Å². The van der Waals surface area contributed by atoms with Crippen LogP contribution in [0.25, 0.3) is 0 Å². The second-order valence-corrected chi connectivity index (χ2v) is 14.4. The minimum atomic E-state index is -0.535. The normalized spacial score (nSPS) is 12.5. The zero-order valence-electron chi connectivity index (χ0n) is 32.5. The number of rotatable bonds is 40. The molecule has 0 saturated heterocycles. The highest BCUT2D eigenvalue weighted by Crippen LogP contribution is 2.14. The largest absolute Gasteiger partial charge is 0.457 e. The Bertz CT molecular complexity index is 673. The Morgan fingerprint density at radius 1 is 0.479 bits per heavy atom. The van der Waals surface area contributed by atoms with E-state index in [0.717, 1.165) is 19.3 Å². The van der Waals surface area contributed by atoms with Crippen LogP contribution in [-0.4, -0.2) is 37.0 Å². The number of aliphatic hydroxyl groups excluding tert-OH is 1. The fraction of sp³-hybridized carbons (Fsp3) is 0.886. The van der Waals surface area contributed by atoms with Gasteiger partial charge in [-0.2, -0.15) is 0 Å². The Balaban J connectivity index is 3.41. The molecule has 0 aliphatic rings. The highest BCUT2D eigenvalue weighted by atomic mass is 16.6. The van der Waals surface area contributed by atoms with E-state index < -0.39 is 6.10 Å². The van der Waals surface area contributed by atoms with Crippen molar-refractivity contribution in [1.29, 1.82) is 0 Å². The fourth-order valence-corrected chi connectivity index (χ4v) is 6.26. The van der Waals surface area contributed by atoms with Crippen molar-refractivity contribution in [3.8, 4) is 0 Å². The average molecular weight is 677 g/mol. The van der Waals surface area contributed by atoms with Crippen LogP contribution < -0.4 is 0 Å². The number of esters is 1. The van der Waals surface area contributed by atoms with Gasteiger partial charge in [-0.25, -0.2) is 0 Å². The topological polar surface area (TPSA) is 55.8 Å². The zero-order valence-corrected chi connectivity index (χ0v) is 32.5. The van der Waals surface area contributed by atoms with Crippen LogP contribution in [0.3, 0.4) is 0 Å². The van der Waals surface area contributed by atoms with Crippen LogP contribution in [0.1, 0.15) is 226 Å². The van der Waals surface area contributed by atoms with E-state index in [0.29, 0.717) is 19.6 Å². The molecule has 1 unspecified atom stereocenters. The molecule has 0 fully saturated rings. The van der Waals surface area contributed by atoms with Crippen LogP contribution in [0, 0.1) is 0 Å². The van der Waals surface area contributed by atoms with Gasteiger partial charge in [-0.3, -0.25) is 4.79 Å². The lowest BCUT2D eigenvalue weighted by Crippen LogP contribution is -2.27. The molecule has 0 aliphatic carbocycles. The van der Waals surface area contributed by atoms with Crippen molar-refractivity contribution >= 4 is 5.97 Å². The molecule has 4 heteroatoms. The quantitative estimate of drug-likeness (QED) is 0.0399. The molecule has 0 rings (SSSR count). The van der Waals surface area contributed by atoms with E-state index >= 15 is 0 Å². The van der Waals surface area contributed by atoms with E-state index in [1.807, 2.05) is 0 Å². The van der Waals surface area contributed by atoms with Gasteiger partial charge in [-0.15, -0.1) is 0 Å². The number of allylic oxidation sites excluding steroid dienone is 4. The lowest BCUT2D eigenvalue weighted by Gasteiger charge is -2.15. The van der Waals surface area contributed by atoms with Crippen LogP contribution >= 0.6 is 0 Å². The van der Waals surface area contributed by atoms with E-state index in [1.54, 1.807) is 0 Å². The first-order valence-electron chi connectivity index (χ1n) is 21.4. The summed E-state index contributed by atoms with van der Waals surface area (Å²) in [4.78, 5) is 12.2. The first kappa shape index (κ1) is 46.9. The molecule has 0 aromatic heterocycles. The molecule has 0 aromatic carbocycles. The molecule has 4 nitrogen and oxygen atoms in total. The lowest BCUT2D eigenvalue weighted by molar-refractivity contribution is -0.154. The highest BCUT2D eigenvalue weighted by Gasteiger charge is 2.13. The van der Waals surface area contributed by atoms with Gasteiger partial charge >= 0.3 is 5.97 Å². The van der Waals surface area contributed by atoms with Crippen LogP contribution in [0.2, 0.25) is 0 Å². The second kappa shape index (κ2) is 42.0. The molecule has 0 spiro atoms. The maximum atomic E-state index is 12.2. The van der Waals surface area contributed by atoms with Gasteiger partial charge in [0.15, 0.2) is 0 Å². The molecule has 0 heterocycles. The summed E-state index contributed by atoms with van der Waals surface area (Å²) in [5.41, 5.74) is 0. The maximum Gasteiger partial charge on any atom is 0.306 e. The van der Waals surface area contributed by atoms with E-state index in [4.69, 9.17) is 9.47 Å². The molecular weight excluding hydrogens is 592 g/mol. The molecule has 1 N–H and O–H groups in total. The van der Waals surface area contributed by atoms with Gasteiger partial charge in [-0.05, 0) is 64.2 Å². The third-order valence-electron chi connectivity index (χ3n) is 9.50. The standard InChI is InChI=1S/C44H84O4/c1-3-5-7-9-11-13-15-17-19-21-22-23-25-27-29-31-33-35-37-39-44(46)48-43(41-45)42-47-40-38-36-34-32-30-28-26-24-20-18-16-14-12-10-8-6-4-2/h17,19-20,24,43,45H,3-16,18,21-23,25-42H2,1-2H3/b19-17-,24-20-. The molecule has 1 atom stereocenters. The Morgan fingerprint density at radius 3 is 1.19 bits per heavy atom. The van der Waals surface area contributed by atoms with Crippen molar-refractivity contribution < 1.29 is 19.4 Å². The molecule has 0 saturated carbocycles. The van der Waals surface area contributed by atoms with Gasteiger partial charge in [0, 0.05) is 13.0 Å². The second-order valence-electron chi connectivity index (χ2n) is 14.4. The van der Waals surface area contributed by atoms with Crippen molar-refractivity contribution in [3.63, 3.8) is 0 Å².